The summed E-state index contributed by atoms with van der Waals surface area (Å²) < 4.78 is 40.7. The van der Waals surface area contributed by atoms with Crippen LogP contribution in [0.15, 0.2) is 42.6 Å². The normalized spacial score (nSPS) is 18.2. The molecule has 0 unspecified atom stereocenters. The first-order valence-corrected chi connectivity index (χ1v) is 13.0. The molecule has 2 saturated heterocycles. The van der Waals surface area contributed by atoms with Crippen molar-refractivity contribution in [3.63, 3.8) is 0 Å². The van der Waals surface area contributed by atoms with Crippen LogP contribution in [-0.4, -0.2) is 79.9 Å². The van der Waals surface area contributed by atoms with Gasteiger partial charge in [-0.05, 0) is 37.3 Å². The molecule has 3 heterocycles. The molecule has 3 aromatic rings. The third-order valence-electron chi connectivity index (χ3n) is 6.93. The molecule has 0 bridgehead atoms. The van der Waals surface area contributed by atoms with Crippen molar-refractivity contribution in [2.75, 3.05) is 63.3 Å². The third kappa shape index (κ3) is 6.16. The van der Waals surface area contributed by atoms with Gasteiger partial charge >= 0.3 is 0 Å². The number of piperazine rings is 1. The highest BCUT2D eigenvalue weighted by Gasteiger charge is 2.24. The molecule has 9 nitrogen and oxygen atoms in total. The number of nitrogens with one attached hydrogen (secondary N) is 2. The van der Waals surface area contributed by atoms with E-state index in [4.69, 9.17) is 9.47 Å². The van der Waals surface area contributed by atoms with E-state index < -0.39 is 17.5 Å². The predicted octanol–water partition coefficient (Wildman–Crippen LogP) is 3.31. The molecule has 1 atom stereocenters. The minimum absolute atomic E-state index is 0.0146. The summed E-state index contributed by atoms with van der Waals surface area (Å²) in [6, 6.07) is 9.25. The number of halogens is 2. The van der Waals surface area contributed by atoms with E-state index >= 15 is 4.39 Å². The second-order valence-corrected chi connectivity index (χ2v) is 9.69. The number of aromatic nitrogens is 2. The SMILES string of the molecule is COc1cccc(F)c1-c1nccc(C(=O)Nc2cc(F)c(CN3CCOCC3)cc2N2CCN[C@@H](C)C2)n1. The van der Waals surface area contributed by atoms with Gasteiger partial charge in [-0.1, -0.05) is 6.07 Å². The maximum atomic E-state index is 15.4. The Morgan fingerprint density at radius 1 is 1.18 bits per heavy atom. The van der Waals surface area contributed by atoms with E-state index in [1.54, 1.807) is 6.07 Å². The summed E-state index contributed by atoms with van der Waals surface area (Å²) in [5.74, 6) is -1.26. The summed E-state index contributed by atoms with van der Waals surface area (Å²) in [7, 11) is 1.42. The number of carbonyl (C=O) groups is 1. The van der Waals surface area contributed by atoms with Crippen molar-refractivity contribution in [2.45, 2.75) is 19.5 Å². The Kier molecular flexibility index (Phi) is 8.30. The van der Waals surface area contributed by atoms with Gasteiger partial charge in [-0.3, -0.25) is 9.69 Å². The fourth-order valence-corrected chi connectivity index (χ4v) is 4.92. The lowest BCUT2D eigenvalue weighted by Gasteiger charge is -2.35. The average molecular weight is 539 g/mol. The predicted molar refractivity (Wildman–Crippen MR) is 144 cm³/mol. The van der Waals surface area contributed by atoms with Crippen LogP contribution in [0.1, 0.15) is 23.0 Å². The molecule has 2 aliphatic heterocycles. The van der Waals surface area contributed by atoms with E-state index in [0.717, 1.165) is 25.3 Å². The summed E-state index contributed by atoms with van der Waals surface area (Å²) >= 11 is 0. The maximum Gasteiger partial charge on any atom is 0.274 e. The number of hydrogen-bond donors (Lipinski definition) is 2. The first-order valence-electron chi connectivity index (χ1n) is 13.0. The van der Waals surface area contributed by atoms with Gasteiger partial charge in [-0.2, -0.15) is 0 Å². The lowest BCUT2D eigenvalue weighted by Crippen LogP contribution is -2.49. The molecule has 2 aromatic carbocycles. The number of benzene rings is 2. The van der Waals surface area contributed by atoms with Crippen molar-refractivity contribution >= 4 is 17.3 Å². The van der Waals surface area contributed by atoms with Gasteiger partial charge in [0.05, 0.1) is 37.3 Å². The molecule has 0 radical (unpaired) electrons. The molecular formula is C28H32F2N6O3. The minimum atomic E-state index is -0.569. The summed E-state index contributed by atoms with van der Waals surface area (Å²) in [5.41, 5.74) is 1.73. The molecular weight excluding hydrogens is 506 g/mol. The van der Waals surface area contributed by atoms with E-state index in [2.05, 4.69) is 37.3 Å². The van der Waals surface area contributed by atoms with E-state index in [1.165, 1.54) is 37.6 Å². The van der Waals surface area contributed by atoms with Crippen molar-refractivity contribution in [3.05, 3.63) is 65.5 Å². The molecule has 0 saturated carbocycles. The zero-order valence-corrected chi connectivity index (χ0v) is 22.0. The van der Waals surface area contributed by atoms with Crippen LogP contribution in [0.4, 0.5) is 20.2 Å². The number of ether oxygens (including phenoxy) is 2. The molecule has 39 heavy (non-hydrogen) atoms. The fraction of sp³-hybridized carbons (Fsp3) is 0.393. The highest BCUT2D eigenvalue weighted by atomic mass is 19.1. The number of nitrogens with zero attached hydrogens (tertiary/aromatic N) is 4. The minimum Gasteiger partial charge on any atom is -0.496 e. The molecule has 2 fully saturated rings. The number of anilines is 2. The first-order chi connectivity index (χ1) is 18.9. The van der Waals surface area contributed by atoms with E-state index in [1.807, 2.05) is 6.07 Å². The van der Waals surface area contributed by atoms with Gasteiger partial charge in [0.15, 0.2) is 5.82 Å². The molecule has 0 aliphatic carbocycles. The Morgan fingerprint density at radius 2 is 2.00 bits per heavy atom. The average Bonchev–Trinajstić information content (AvgIpc) is 2.95. The molecule has 1 aromatic heterocycles. The molecule has 1 amide bonds. The fourth-order valence-electron chi connectivity index (χ4n) is 4.92. The largest absolute Gasteiger partial charge is 0.496 e. The van der Waals surface area contributed by atoms with Crippen LogP contribution in [0, 0.1) is 11.6 Å². The highest BCUT2D eigenvalue weighted by molar-refractivity contribution is 6.05. The number of amides is 1. The Labute approximate surface area is 226 Å². The van der Waals surface area contributed by atoms with Crippen LogP contribution < -0.4 is 20.3 Å². The lowest BCUT2D eigenvalue weighted by molar-refractivity contribution is 0.0337. The second kappa shape index (κ2) is 12.0. The molecule has 206 valence electrons. The number of methoxy groups -OCH3 is 1. The van der Waals surface area contributed by atoms with Gasteiger partial charge in [-0.15, -0.1) is 0 Å². The second-order valence-electron chi connectivity index (χ2n) is 9.69. The summed E-state index contributed by atoms with van der Waals surface area (Å²) in [6.07, 6.45) is 1.38. The third-order valence-corrected chi connectivity index (χ3v) is 6.93. The van der Waals surface area contributed by atoms with Gasteiger partial charge in [0.25, 0.3) is 5.91 Å². The van der Waals surface area contributed by atoms with E-state index in [9.17, 15) is 9.18 Å². The lowest BCUT2D eigenvalue weighted by atomic mass is 10.1. The van der Waals surface area contributed by atoms with Crippen LogP contribution in [0.3, 0.4) is 0 Å². The number of hydrogen-bond acceptors (Lipinski definition) is 8. The van der Waals surface area contributed by atoms with Crippen LogP contribution in [0.25, 0.3) is 11.4 Å². The number of morpholine rings is 1. The Balaban J connectivity index is 1.45. The van der Waals surface area contributed by atoms with Gasteiger partial charge in [0.2, 0.25) is 0 Å². The number of rotatable bonds is 7. The molecule has 5 rings (SSSR count). The van der Waals surface area contributed by atoms with Crippen molar-refractivity contribution in [1.29, 1.82) is 0 Å². The molecule has 2 aliphatic rings. The van der Waals surface area contributed by atoms with Crippen molar-refractivity contribution in [2.24, 2.45) is 0 Å². The molecule has 2 N–H and O–H groups in total. The Morgan fingerprint density at radius 3 is 2.77 bits per heavy atom. The number of carbonyl (C=O) groups excluding carboxylic acids is 1. The van der Waals surface area contributed by atoms with Gasteiger partial charge in [0.1, 0.15) is 23.1 Å². The van der Waals surface area contributed by atoms with Gasteiger partial charge < -0.3 is 25.0 Å². The molecule has 0 spiro atoms. The first kappa shape index (κ1) is 26.9. The van der Waals surface area contributed by atoms with E-state index in [-0.39, 0.29) is 28.9 Å². The van der Waals surface area contributed by atoms with Gasteiger partial charge in [-0.25, -0.2) is 18.7 Å². The topological polar surface area (TPSA) is 91.8 Å². The van der Waals surface area contributed by atoms with Crippen LogP contribution in [0.5, 0.6) is 5.75 Å². The van der Waals surface area contributed by atoms with Crippen LogP contribution in [-0.2, 0) is 11.3 Å². The standard InChI is InChI=1S/C28H32F2N6O3/c1-18-16-36(9-8-31-18)24-14-19(17-35-10-12-39-13-11-35)21(30)15-23(24)34-28(37)22-6-7-32-27(33-22)26-20(29)4-3-5-25(26)38-2/h3-7,14-15,18,31H,8-13,16-17H2,1-2H3,(H,34,37)/t18-/m0/s1. The quantitative estimate of drug-likeness (QED) is 0.474. The summed E-state index contributed by atoms with van der Waals surface area (Å²) in [4.78, 5) is 26.1. The monoisotopic (exact) mass is 538 g/mol. The van der Waals surface area contributed by atoms with E-state index in [0.29, 0.717) is 44.1 Å². The summed E-state index contributed by atoms with van der Waals surface area (Å²) in [5, 5.41) is 6.25. The zero-order chi connectivity index (χ0) is 27.4. The van der Waals surface area contributed by atoms with Crippen LogP contribution >= 0.6 is 0 Å². The maximum absolute atomic E-state index is 15.4. The Hall–Kier alpha value is -3.67. The molecule has 11 heteroatoms. The van der Waals surface area contributed by atoms with Crippen molar-refractivity contribution in [1.82, 2.24) is 20.2 Å². The van der Waals surface area contributed by atoms with Crippen LogP contribution in [0.2, 0.25) is 0 Å². The van der Waals surface area contributed by atoms with Crippen molar-refractivity contribution < 1.29 is 23.0 Å². The zero-order valence-electron chi connectivity index (χ0n) is 22.0. The van der Waals surface area contributed by atoms with Gasteiger partial charge in [0, 0.05) is 57.1 Å². The van der Waals surface area contributed by atoms with Crippen molar-refractivity contribution in [3.8, 4) is 17.1 Å². The Bertz CT molecular complexity index is 1330. The summed E-state index contributed by atoms with van der Waals surface area (Å²) in [6.45, 7) is 7.44. The highest BCUT2D eigenvalue weighted by Crippen LogP contribution is 2.33. The smallest absolute Gasteiger partial charge is 0.274 e.